The van der Waals surface area contributed by atoms with Crippen LogP contribution in [0, 0.1) is 0 Å². The summed E-state index contributed by atoms with van der Waals surface area (Å²) in [6, 6.07) is -0.900. The standard InChI is InChI=1S/C65H119N2O7P/c1-7-10-13-16-19-22-25-28-30-32-33-35-37-40-43-46-49-52-55-58-65(69)74-63(56-53-50-47-44-41-38-27-24-21-18-15-12-9-3)62(61-73-75(70,71)72-60-59-67(4,5)6)66-64(68)57-54-51-48-45-42-39-36-34-31-29-26-23-20-17-14-11-8-2/h19-20,22-23,28-31,33,35,53,56,62-63H,7-18,21,24-27,32,34,36-52,54-55,57-61H2,1-6H3,(H-,66,68,70,71)/b22-19-,23-20-,30-28-,31-29-,35-33-,56-53+. The Labute approximate surface area is 463 Å². The molecular weight excluding hydrogens is 952 g/mol. The summed E-state index contributed by atoms with van der Waals surface area (Å²) in [7, 11) is 1.17. The van der Waals surface area contributed by atoms with Crippen molar-refractivity contribution in [2.45, 2.75) is 290 Å². The van der Waals surface area contributed by atoms with Gasteiger partial charge >= 0.3 is 5.97 Å². The number of allylic oxidation sites excluding steroid dienone is 11. The molecule has 0 radical (unpaired) electrons. The monoisotopic (exact) mass is 1070 g/mol. The topological polar surface area (TPSA) is 114 Å². The van der Waals surface area contributed by atoms with Crippen LogP contribution in [0.25, 0.3) is 0 Å². The van der Waals surface area contributed by atoms with Gasteiger partial charge in [-0.2, -0.15) is 0 Å². The van der Waals surface area contributed by atoms with Crippen molar-refractivity contribution in [3.8, 4) is 0 Å². The van der Waals surface area contributed by atoms with Crippen LogP contribution in [-0.4, -0.2) is 69.4 Å². The summed E-state index contributed by atoms with van der Waals surface area (Å²) in [6.45, 7) is 6.79. The third kappa shape index (κ3) is 56.0. The Bertz CT molecular complexity index is 1510. The first kappa shape index (κ1) is 72.5. The van der Waals surface area contributed by atoms with Gasteiger partial charge in [-0.1, -0.05) is 235 Å². The van der Waals surface area contributed by atoms with Crippen LogP contribution < -0.4 is 10.2 Å². The lowest BCUT2D eigenvalue weighted by molar-refractivity contribution is -0.870. The summed E-state index contributed by atoms with van der Waals surface area (Å²) < 4.78 is 30.3. The Morgan fingerprint density at radius 1 is 0.467 bits per heavy atom. The fourth-order valence-corrected chi connectivity index (χ4v) is 9.46. The van der Waals surface area contributed by atoms with Gasteiger partial charge in [0.25, 0.3) is 7.82 Å². The molecule has 0 saturated heterocycles. The molecule has 9 nitrogen and oxygen atoms in total. The van der Waals surface area contributed by atoms with Crippen molar-refractivity contribution in [3.05, 3.63) is 72.9 Å². The molecule has 436 valence electrons. The van der Waals surface area contributed by atoms with E-state index in [1.807, 2.05) is 33.3 Å². The second-order valence-corrected chi connectivity index (χ2v) is 23.6. The molecule has 0 aliphatic rings. The van der Waals surface area contributed by atoms with Gasteiger partial charge in [0.15, 0.2) is 0 Å². The SMILES string of the molecule is CCCCC/C=C\C/C=C\C/C=C\CCCCCCCCC(=O)OC(/C=C/CCCCCCCCCCCCC)C(COP(=O)([O-])OCC[N+](C)(C)C)NC(=O)CCCCCCCCC/C=C\C/C=C\CCCCC. The number of unbranched alkanes of at least 4 members (excludes halogenated alkanes) is 30. The largest absolute Gasteiger partial charge is 0.756 e. The first-order valence-electron chi connectivity index (χ1n) is 31.2. The molecule has 0 saturated carbocycles. The summed E-state index contributed by atoms with van der Waals surface area (Å²) in [6.07, 6.45) is 70.0. The number of rotatable bonds is 56. The van der Waals surface area contributed by atoms with E-state index in [4.69, 9.17) is 13.8 Å². The predicted octanol–water partition coefficient (Wildman–Crippen LogP) is 18.6. The van der Waals surface area contributed by atoms with Gasteiger partial charge in [-0.25, -0.2) is 0 Å². The number of nitrogens with zero attached hydrogens (tertiary/aromatic N) is 1. The molecule has 75 heavy (non-hydrogen) atoms. The number of quaternary nitrogens is 1. The first-order valence-corrected chi connectivity index (χ1v) is 32.7. The molecule has 0 spiro atoms. The third-order valence-electron chi connectivity index (χ3n) is 13.6. The van der Waals surface area contributed by atoms with E-state index in [1.54, 1.807) is 0 Å². The molecule has 1 N–H and O–H groups in total. The average Bonchev–Trinajstić information content (AvgIpc) is 3.37. The highest BCUT2D eigenvalue weighted by atomic mass is 31.2. The Hall–Kier alpha value is -2.55. The quantitative estimate of drug-likeness (QED) is 0.0212. The molecule has 3 atom stereocenters. The maximum atomic E-state index is 13.5. The highest BCUT2D eigenvalue weighted by Gasteiger charge is 2.27. The highest BCUT2D eigenvalue weighted by molar-refractivity contribution is 7.45. The van der Waals surface area contributed by atoms with Crippen molar-refractivity contribution < 1.29 is 37.3 Å². The van der Waals surface area contributed by atoms with Crippen LogP contribution in [0.4, 0.5) is 0 Å². The molecule has 0 fully saturated rings. The Morgan fingerprint density at radius 3 is 1.24 bits per heavy atom. The molecule has 0 aliphatic carbocycles. The van der Waals surface area contributed by atoms with E-state index in [2.05, 4.69) is 86.8 Å². The summed E-state index contributed by atoms with van der Waals surface area (Å²) in [5, 5.41) is 3.02. The molecule has 0 aliphatic heterocycles. The Balaban J connectivity index is 5.33. The molecule has 1 amide bonds. The predicted molar refractivity (Wildman–Crippen MR) is 321 cm³/mol. The van der Waals surface area contributed by atoms with Gasteiger partial charge < -0.3 is 28.5 Å². The van der Waals surface area contributed by atoms with Crippen molar-refractivity contribution in [2.24, 2.45) is 0 Å². The zero-order valence-corrected chi connectivity index (χ0v) is 50.6. The van der Waals surface area contributed by atoms with E-state index in [0.29, 0.717) is 23.9 Å². The number of ether oxygens (including phenoxy) is 1. The number of hydrogen-bond donors (Lipinski definition) is 1. The second-order valence-electron chi connectivity index (χ2n) is 22.2. The number of phosphoric ester groups is 1. The average molecular weight is 1070 g/mol. The fraction of sp³-hybridized carbons (Fsp3) is 0.785. The lowest BCUT2D eigenvalue weighted by Crippen LogP contribution is -2.47. The lowest BCUT2D eigenvalue weighted by atomic mass is 10.0. The highest BCUT2D eigenvalue weighted by Crippen LogP contribution is 2.38. The van der Waals surface area contributed by atoms with Gasteiger partial charge in [-0.15, -0.1) is 0 Å². The Morgan fingerprint density at radius 2 is 0.813 bits per heavy atom. The van der Waals surface area contributed by atoms with Gasteiger partial charge in [0.1, 0.15) is 19.3 Å². The van der Waals surface area contributed by atoms with Gasteiger partial charge in [0, 0.05) is 12.8 Å². The summed E-state index contributed by atoms with van der Waals surface area (Å²) in [5.41, 5.74) is 0. The lowest BCUT2D eigenvalue weighted by Gasteiger charge is -2.30. The van der Waals surface area contributed by atoms with Gasteiger partial charge in [0.2, 0.25) is 5.91 Å². The molecule has 3 unspecified atom stereocenters. The van der Waals surface area contributed by atoms with Crippen LogP contribution >= 0.6 is 7.82 Å². The van der Waals surface area contributed by atoms with Crippen molar-refractivity contribution in [1.29, 1.82) is 0 Å². The molecule has 0 aromatic carbocycles. The second kappa shape index (κ2) is 54.8. The van der Waals surface area contributed by atoms with Crippen LogP contribution in [0.1, 0.15) is 278 Å². The molecular formula is C65H119N2O7P. The minimum absolute atomic E-state index is 0.0284. The van der Waals surface area contributed by atoms with E-state index in [0.717, 1.165) is 96.3 Å². The number of nitrogens with one attached hydrogen (secondary N) is 1. The van der Waals surface area contributed by atoms with Crippen LogP contribution in [0.2, 0.25) is 0 Å². The van der Waals surface area contributed by atoms with Crippen molar-refractivity contribution in [3.63, 3.8) is 0 Å². The van der Waals surface area contributed by atoms with Gasteiger partial charge in [0.05, 0.1) is 33.8 Å². The minimum Gasteiger partial charge on any atom is -0.756 e. The maximum absolute atomic E-state index is 13.5. The van der Waals surface area contributed by atoms with Crippen LogP contribution in [0.5, 0.6) is 0 Å². The summed E-state index contributed by atoms with van der Waals surface area (Å²) in [5.74, 6) is -0.562. The van der Waals surface area contributed by atoms with E-state index < -0.39 is 26.6 Å². The third-order valence-corrected chi connectivity index (χ3v) is 14.6. The Kier molecular flexibility index (Phi) is 52.9. The maximum Gasteiger partial charge on any atom is 0.306 e. The van der Waals surface area contributed by atoms with Crippen LogP contribution in [0.3, 0.4) is 0 Å². The molecule has 0 bridgehead atoms. The minimum atomic E-state index is -4.71. The number of amides is 1. The number of carbonyl (C=O) groups is 2. The zero-order valence-electron chi connectivity index (χ0n) is 49.7. The van der Waals surface area contributed by atoms with E-state index >= 15 is 0 Å². The molecule has 10 heteroatoms. The number of carbonyl (C=O) groups excluding carboxylic acids is 2. The molecule has 0 rings (SSSR count). The van der Waals surface area contributed by atoms with E-state index in [9.17, 15) is 19.0 Å². The number of hydrogen-bond acceptors (Lipinski definition) is 7. The number of phosphoric acid groups is 1. The van der Waals surface area contributed by atoms with E-state index in [1.165, 1.54) is 141 Å². The van der Waals surface area contributed by atoms with Gasteiger partial charge in [-0.3, -0.25) is 14.2 Å². The molecule has 0 aromatic heterocycles. The van der Waals surface area contributed by atoms with Gasteiger partial charge in [-0.05, 0) is 102 Å². The first-order chi connectivity index (χ1) is 36.4. The number of likely N-dealkylation sites (N-methyl/N-ethyl adjacent to an activating group) is 1. The van der Waals surface area contributed by atoms with Crippen molar-refractivity contribution in [2.75, 3.05) is 40.9 Å². The summed E-state index contributed by atoms with van der Waals surface area (Å²) >= 11 is 0. The normalized spacial score (nSPS) is 14.2. The molecule has 0 heterocycles. The van der Waals surface area contributed by atoms with Crippen molar-refractivity contribution in [1.82, 2.24) is 5.32 Å². The van der Waals surface area contributed by atoms with Crippen molar-refractivity contribution >= 4 is 19.7 Å². The fourth-order valence-electron chi connectivity index (χ4n) is 8.74. The van der Waals surface area contributed by atoms with Crippen LogP contribution in [0.15, 0.2) is 72.9 Å². The molecule has 0 aromatic rings. The number of esters is 1. The van der Waals surface area contributed by atoms with Crippen LogP contribution in [-0.2, 0) is 27.9 Å². The summed E-state index contributed by atoms with van der Waals surface area (Å²) in [4.78, 5) is 40.0. The smallest absolute Gasteiger partial charge is 0.306 e. The van der Waals surface area contributed by atoms with E-state index in [-0.39, 0.29) is 24.9 Å². The zero-order chi connectivity index (χ0) is 55.0.